The van der Waals surface area contributed by atoms with Crippen LogP contribution in [0.5, 0.6) is 5.75 Å². The summed E-state index contributed by atoms with van der Waals surface area (Å²) in [4.78, 5) is 11.9. The monoisotopic (exact) mass is 334 g/mol. The van der Waals surface area contributed by atoms with E-state index in [9.17, 15) is 13.6 Å². The minimum absolute atomic E-state index is 0.0609. The van der Waals surface area contributed by atoms with Gasteiger partial charge < -0.3 is 14.2 Å². The summed E-state index contributed by atoms with van der Waals surface area (Å²) in [7, 11) is 2.66. The summed E-state index contributed by atoms with van der Waals surface area (Å²) in [6.07, 6.45) is 1.26. The van der Waals surface area contributed by atoms with E-state index in [1.54, 1.807) is 24.3 Å². The van der Waals surface area contributed by atoms with Gasteiger partial charge in [-0.2, -0.15) is 4.39 Å². The molecular weight excluding hydrogens is 318 g/mol. The maximum Gasteiger partial charge on any atom is 0.341 e. The number of rotatable bonds is 6. The van der Waals surface area contributed by atoms with Gasteiger partial charge in [0.05, 0.1) is 20.5 Å². The van der Waals surface area contributed by atoms with E-state index in [2.05, 4.69) is 0 Å². The van der Waals surface area contributed by atoms with Gasteiger partial charge in [-0.15, -0.1) is 0 Å². The summed E-state index contributed by atoms with van der Waals surface area (Å²) >= 11 is 0. The molecule has 0 saturated carbocycles. The highest BCUT2D eigenvalue weighted by Gasteiger charge is 2.17. The molecule has 0 aliphatic carbocycles. The second-order valence-corrected chi connectivity index (χ2v) is 4.76. The second kappa shape index (κ2) is 8.10. The maximum absolute atomic E-state index is 13.7. The number of esters is 1. The maximum atomic E-state index is 13.7. The number of benzene rings is 2. The zero-order chi connectivity index (χ0) is 17.5. The summed E-state index contributed by atoms with van der Waals surface area (Å²) in [5, 5.41) is 0. The molecule has 0 amide bonds. The Hall–Kier alpha value is -2.89. The lowest BCUT2D eigenvalue weighted by atomic mass is 10.0. The molecule has 126 valence electrons. The fraction of sp³-hybridized carbons (Fsp3) is 0.167. The first kappa shape index (κ1) is 17.5. The number of hydrogen-bond acceptors (Lipinski definition) is 4. The van der Waals surface area contributed by atoms with Crippen LogP contribution in [0.4, 0.5) is 8.78 Å². The van der Waals surface area contributed by atoms with E-state index in [-0.39, 0.29) is 17.9 Å². The lowest BCUT2D eigenvalue weighted by molar-refractivity contribution is -0.133. The van der Waals surface area contributed by atoms with Crippen molar-refractivity contribution < 1.29 is 27.8 Å². The van der Waals surface area contributed by atoms with Crippen LogP contribution in [0.15, 0.2) is 48.7 Å². The number of carbonyl (C=O) groups is 1. The Bertz CT molecular complexity index is 756. The Balaban J connectivity index is 2.30. The van der Waals surface area contributed by atoms with Crippen molar-refractivity contribution in [2.75, 3.05) is 14.2 Å². The van der Waals surface area contributed by atoms with Crippen LogP contribution in [0.25, 0.3) is 5.57 Å². The minimum Gasteiger partial charge on any atom is -0.503 e. The smallest absolute Gasteiger partial charge is 0.341 e. The van der Waals surface area contributed by atoms with Gasteiger partial charge in [-0.3, -0.25) is 0 Å². The van der Waals surface area contributed by atoms with Crippen LogP contribution in [0, 0.1) is 11.6 Å². The molecule has 0 atom stereocenters. The summed E-state index contributed by atoms with van der Waals surface area (Å²) in [6.45, 7) is -0.0609. The molecule has 0 bridgehead atoms. The van der Waals surface area contributed by atoms with E-state index in [4.69, 9.17) is 14.2 Å². The first-order valence-corrected chi connectivity index (χ1v) is 7.04. The molecule has 0 aliphatic heterocycles. The Kier molecular flexibility index (Phi) is 5.89. The van der Waals surface area contributed by atoms with Crippen molar-refractivity contribution in [3.8, 4) is 5.75 Å². The topological polar surface area (TPSA) is 44.8 Å². The Morgan fingerprint density at radius 2 is 1.83 bits per heavy atom. The van der Waals surface area contributed by atoms with Gasteiger partial charge in [-0.25, -0.2) is 9.18 Å². The molecule has 0 heterocycles. The molecule has 0 radical (unpaired) electrons. The molecule has 0 unspecified atom stereocenters. The Labute approximate surface area is 138 Å². The zero-order valence-electron chi connectivity index (χ0n) is 13.2. The molecular formula is C18H16F2O4. The summed E-state index contributed by atoms with van der Waals surface area (Å²) < 4.78 is 41.9. The first-order valence-electron chi connectivity index (χ1n) is 7.04. The Morgan fingerprint density at radius 1 is 1.08 bits per heavy atom. The third-order valence-electron chi connectivity index (χ3n) is 3.25. The number of hydrogen-bond donors (Lipinski definition) is 0. The van der Waals surface area contributed by atoms with Crippen molar-refractivity contribution in [3.63, 3.8) is 0 Å². The average Bonchev–Trinajstić information content (AvgIpc) is 2.60. The molecule has 4 nitrogen and oxygen atoms in total. The lowest BCUT2D eigenvalue weighted by Gasteiger charge is -2.13. The molecule has 0 aliphatic rings. The van der Waals surface area contributed by atoms with Crippen molar-refractivity contribution in [1.82, 2.24) is 0 Å². The normalized spacial score (nSPS) is 11.1. The fourth-order valence-corrected chi connectivity index (χ4v) is 2.11. The van der Waals surface area contributed by atoms with Gasteiger partial charge in [0.25, 0.3) is 0 Å². The predicted octanol–water partition coefficient (Wildman–Crippen LogP) is 3.70. The highest BCUT2D eigenvalue weighted by atomic mass is 19.2. The van der Waals surface area contributed by atoms with Crippen LogP contribution in [0.2, 0.25) is 0 Å². The van der Waals surface area contributed by atoms with Crippen LogP contribution >= 0.6 is 0 Å². The van der Waals surface area contributed by atoms with Crippen molar-refractivity contribution in [2.45, 2.75) is 6.61 Å². The van der Waals surface area contributed by atoms with Crippen molar-refractivity contribution in [2.24, 2.45) is 0 Å². The predicted molar refractivity (Wildman–Crippen MR) is 84.1 cm³/mol. The Morgan fingerprint density at radius 3 is 2.54 bits per heavy atom. The molecule has 0 saturated heterocycles. The van der Waals surface area contributed by atoms with Crippen LogP contribution in [0.3, 0.4) is 0 Å². The molecule has 2 aromatic carbocycles. The molecule has 0 fully saturated rings. The van der Waals surface area contributed by atoms with E-state index >= 15 is 0 Å². The van der Waals surface area contributed by atoms with E-state index < -0.39 is 17.6 Å². The van der Waals surface area contributed by atoms with E-state index in [0.717, 1.165) is 6.07 Å². The highest BCUT2D eigenvalue weighted by Crippen LogP contribution is 2.24. The van der Waals surface area contributed by atoms with Crippen LogP contribution in [0.1, 0.15) is 11.1 Å². The molecule has 2 rings (SSSR count). The van der Waals surface area contributed by atoms with Gasteiger partial charge in [0, 0.05) is 0 Å². The summed E-state index contributed by atoms with van der Waals surface area (Å²) in [6, 6.07) is 10.5. The second-order valence-electron chi connectivity index (χ2n) is 4.76. The van der Waals surface area contributed by atoms with Crippen molar-refractivity contribution >= 4 is 11.5 Å². The molecule has 24 heavy (non-hydrogen) atoms. The first-order chi connectivity index (χ1) is 11.6. The number of carbonyl (C=O) groups excluding carboxylic acids is 1. The van der Waals surface area contributed by atoms with E-state index in [0.29, 0.717) is 11.1 Å². The molecule has 6 heteroatoms. The molecule has 0 N–H and O–H groups in total. The van der Waals surface area contributed by atoms with Crippen molar-refractivity contribution in [1.29, 1.82) is 0 Å². The van der Waals surface area contributed by atoms with E-state index in [1.807, 2.05) is 0 Å². The molecule has 2 aromatic rings. The van der Waals surface area contributed by atoms with Crippen molar-refractivity contribution in [3.05, 3.63) is 71.5 Å². The molecule has 0 spiro atoms. The average molecular weight is 334 g/mol. The van der Waals surface area contributed by atoms with Gasteiger partial charge in [0.15, 0.2) is 11.6 Å². The van der Waals surface area contributed by atoms with Crippen LogP contribution < -0.4 is 4.74 Å². The van der Waals surface area contributed by atoms with Gasteiger partial charge in [0.1, 0.15) is 12.2 Å². The SMILES string of the molecule is COC=C(C(=O)OC)c1ccccc1COc1cccc(F)c1F. The molecule has 0 aromatic heterocycles. The summed E-state index contributed by atoms with van der Waals surface area (Å²) in [5.41, 5.74) is 1.30. The van der Waals surface area contributed by atoms with Gasteiger partial charge in [0.2, 0.25) is 5.82 Å². The highest BCUT2D eigenvalue weighted by molar-refractivity contribution is 6.16. The summed E-state index contributed by atoms with van der Waals surface area (Å²) in [5.74, 6) is -2.84. The lowest BCUT2D eigenvalue weighted by Crippen LogP contribution is -2.08. The number of halogens is 2. The zero-order valence-corrected chi connectivity index (χ0v) is 13.2. The van der Waals surface area contributed by atoms with Crippen LogP contribution in [-0.4, -0.2) is 20.2 Å². The fourth-order valence-electron chi connectivity index (χ4n) is 2.11. The van der Waals surface area contributed by atoms with E-state index in [1.165, 1.54) is 32.6 Å². The van der Waals surface area contributed by atoms with Gasteiger partial charge in [-0.05, 0) is 23.3 Å². The number of ether oxygens (including phenoxy) is 3. The largest absolute Gasteiger partial charge is 0.503 e. The quantitative estimate of drug-likeness (QED) is 0.459. The third kappa shape index (κ3) is 3.90. The van der Waals surface area contributed by atoms with Gasteiger partial charge >= 0.3 is 5.97 Å². The van der Waals surface area contributed by atoms with Crippen LogP contribution in [-0.2, 0) is 20.9 Å². The number of methoxy groups -OCH3 is 2. The minimum atomic E-state index is -1.06. The standard InChI is InChI=1S/C18H16F2O4/c1-22-11-14(18(21)23-2)13-7-4-3-6-12(13)10-24-16-9-5-8-15(19)17(16)20/h3-9,11H,10H2,1-2H3. The van der Waals surface area contributed by atoms with Gasteiger partial charge in [-0.1, -0.05) is 30.3 Å². The third-order valence-corrected chi connectivity index (χ3v) is 3.25.